The lowest BCUT2D eigenvalue weighted by Crippen LogP contribution is -2.11. The number of hydrogen-bond donors (Lipinski definition) is 1. The summed E-state index contributed by atoms with van der Waals surface area (Å²) in [5.41, 5.74) is 1.38. The van der Waals surface area contributed by atoms with Gasteiger partial charge in [-0.1, -0.05) is 13.0 Å². The highest BCUT2D eigenvalue weighted by Gasteiger charge is 2.09. The molecule has 0 unspecified atom stereocenters. The molecule has 0 fully saturated rings. The first-order valence-electron chi connectivity index (χ1n) is 5.40. The van der Waals surface area contributed by atoms with E-state index in [4.69, 9.17) is 0 Å². The van der Waals surface area contributed by atoms with Crippen molar-refractivity contribution in [3.8, 4) is 5.69 Å². The Labute approximate surface area is 108 Å². The van der Waals surface area contributed by atoms with Crippen molar-refractivity contribution >= 4 is 15.9 Å². The largest absolute Gasteiger partial charge is 0.311 e. The first-order valence-corrected chi connectivity index (χ1v) is 6.19. The van der Waals surface area contributed by atoms with Crippen LogP contribution in [0.25, 0.3) is 5.69 Å². The summed E-state index contributed by atoms with van der Waals surface area (Å²) < 4.78 is 16.1. The molecule has 17 heavy (non-hydrogen) atoms. The van der Waals surface area contributed by atoms with Crippen LogP contribution in [0.1, 0.15) is 12.6 Å². The van der Waals surface area contributed by atoms with E-state index in [0.29, 0.717) is 16.7 Å². The first-order chi connectivity index (χ1) is 8.22. The average Bonchev–Trinajstić information content (AvgIpc) is 2.75. The second-order valence-corrected chi connectivity index (χ2v) is 4.48. The second-order valence-electron chi connectivity index (χ2n) is 3.62. The molecule has 0 amide bonds. The van der Waals surface area contributed by atoms with Crippen LogP contribution in [0.15, 0.2) is 35.2 Å². The summed E-state index contributed by atoms with van der Waals surface area (Å²) >= 11 is 3.34. The number of rotatable bonds is 4. The minimum absolute atomic E-state index is 0.272. The molecule has 2 rings (SSSR count). The highest BCUT2D eigenvalue weighted by molar-refractivity contribution is 9.10. The zero-order chi connectivity index (χ0) is 12.3. The fourth-order valence-electron chi connectivity index (χ4n) is 1.57. The minimum atomic E-state index is -0.272. The molecule has 1 aromatic heterocycles. The van der Waals surface area contributed by atoms with Gasteiger partial charge in [-0.2, -0.15) is 0 Å². The number of imidazole rings is 1. The van der Waals surface area contributed by atoms with Gasteiger partial charge >= 0.3 is 0 Å². The highest BCUT2D eigenvalue weighted by Crippen LogP contribution is 2.23. The van der Waals surface area contributed by atoms with Gasteiger partial charge in [-0.15, -0.1) is 0 Å². The fourth-order valence-corrected chi connectivity index (χ4v) is 2.11. The van der Waals surface area contributed by atoms with Gasteiger partial charge in [-0.25, -0.2) is 9.37 Å². The first kappa shape index (κ1) is 12.3. The average molecular weight is 298 g/mol. The van der Waals surface area contributed by atoms with Crippen LogP contribution >= 0.6 is 15.9 Å². The summed E-state index contributed by atoms with van der Waals surface area (Å²) in [6, 6.07) is 4.91. The van der Waals surface area contributed by atoms with E-state index in [2.05, 4.69) is 26.2 Å². The molecule has 1 heterocycles. The predicted octanol–water partition coefficient (Wildman–Crippen LogP) is 2.88. The van der Waals surface area contributed by atoms with Crippen molar-refractivity contribution in [3.63, 3.8) is 0 Å². The van der Waals surface area contributed by atoms with Gasteiger partial charge < -0.3 is 9.88 Å². The molecular formula is C12H13BrFN3. The Bertz CT molecular complexity index is 490. The molecule has 2 aromatic rings. The van der Waals surface area contributed by atoms with Gasteiger partial charge in [0, 0.05) is 17.2 Å². The predicted molar refractivity (Wildman–Crippen MR) is 68.6 cm³/mol. The normalized spacial score (nSPS) is 10.8. The van der Waals surface area contributed by atoms with Crippen molar-refractivity contribution in [1.82, 2.24) is 14.9 Å². The summed E-state index contributed by atoms with van der Waals surface area (Å²) in [6.07, 6.45) is 3.45. The lowest BCUT2D eigenvalue weighted by molar-refractivity contribution is 0.617. The maximum absolute atomic E-state index is 13.7. The molecule has 0 atom stereocenters. The van der Waals surface area contributed by atoms with Gasteiger partial charge in [0.25, 0.3) is 0 Å². The Morgan fingerprint density at radius 2 is 2.29 bits per heavy atom. The number of nitrogens with one attached hydrogen (secondary N) is 1. The zero-order valence-electron chi connectivity index (χ0n) is 9.45. The smallest absolute Gasteiger partial charge is 0.148 e. The van der Waals surface area contributed by atoms with Gasteiger partial charge in [0.05, 0.1) is 17.7 Å². The molecule has 1 N–H and O–H groups in total. The van der Waals surface area contributed by atoms with Crippen LogP contribution < -0.4 is 5.32 Å². The van der Waals surface area contributed by atoms with Crippen LogP contribution in [0.3, 0.4) is 0 Å². The summed E-state index contributed by atoms with van der Waals surface area (Å²) in [4.78, 5) is 4.23. The molecule has 5 heteroatoms. The maximum atomic E-state index is 13.7. The Kier molecular flexibility index (Phi) is 3.91. The standard InChI is InChI=1S/C12H13BrFN3/c1-2-15-6-9-7-17(8-16-9)12-10(13)4-3-5-11(12)14/h3-5,7-8,15H,2,6H2,1H3. The number of benzene rings is 1. The van der Waals surface area contributed by atoms with E-state index in [1.54, 1.807) is 17.0 Å². The molecule has 0 radical (unpaired) electrons. The van der Waals surface area contributed by atoms with E-state index in [-0.39, 0.29) is 5.82 Å². The van der Waals surface area contributed by atoms with Crippen molar-refractivity contribution < 1.29 is 4.39 Å². The fraction of sp³-hybridized carbons (Fsp3) is 0.250. The van der Waals surface area contributed by atoms with Gasteiger partial charge in [-0.05, 0) is 34.6 Å². The van der Waals surface area contributed by atoms with E-state index >= 15 is 0 Å². The Morgan fingerprint density at radius 1 is 1.47 bits per heavy atom. The maximum Gasteiger partial charge on any atom is 0.148 e. The van der Waals surface area contributed by atoms with E-state index < -0.39 is 0 Å². The van der Waals surface area contributed by atoms with Gasteiger partial charge in [0.1, 0.15) is 5.82 Å². The molecule has 0 saturated heterocycles. The number of halogens is 2. The highest BCUT2D eigenvalue weighted by atomic mass is 79.9. The third-order valence-electron chi connectivity index (χ3n) is 2.39. The summed E-state index contributed by atoms with van der Waals surface area (Å²) in [5, 5.41) is 3.18. The van der Waals surface area contributed by atoms with Crippen LogP contribution in [0.4, 0.5) is 4.39 Å². The molecule has 0 aliphatic heterocycles. The third-order valence-corrected chi connectivity index (χ3v) is 3.03. The number of nitrogens with zero attached hydrogens (tertiary/aromatic N) is 2. The van der Waals surface area contributed by atoms with Crippen LogP contribution in [0.5, 0.6) is 0 Å². The Balaban J connectivity index is 2.30. The van der Waals surface area contributed by atoms with E-state index in [9.17, 15) is 4.39 Å². The van der Waals surface area contributed by atoms with Gasteiger partial charge in [0.2, 0.25) is 0 Å². The molecule has 1 aromatic carbocycles. The topological polar surface area (TPSA) is 29.9 Å². The molecule has 3 nitrogen and oxygen atoms in total. The number of hydrogen-bond acceptors (Lipinski definition) is 2. The van der Waals surface area contributed by atoms with Crippen molar-refractivity contribution in [2.24, 2.45) is 0 Å². The van der Waals surface area contributed by atoms with Crippen molar-refractivity contribution in [2.75, 3.05) is 6.54 Å². The number of aromatic nitrogens is 2. The van der Waals surface area contributed by atoms with Crippen molar-refractivity contribution in [1.29, 1.82) is 0 Å². The Morgan fingerprint density at radius 3 is 3.00 bits per heavy atom. The minimum Gasteiger partial charge on any atom is -0.311 e. The molecule has 0 aliphatic carbocycles. The van der Waals surface area contributed by atoms with E-state index in [0.717, 1.165) is 12.2 Å². The summed E-state index contributed by atoms with van der Waals surface area (Å²) in [7, 11) is 0. The zero-order valence-corrected chi connectivity index (χ0v) is 11.0. The van der Waals surface area contributed by atoms with Crippen molar-refractivity contribution in [3.05, 3.63) is 46.7 Å². The number of para-hydroxylation sites is 1. The molecule has 0 bridgehead atoms. The molecule has 0 aliphatic rings. The SMILES string of the molecule is CCNCc1cn(-c2c(F)cccc2Br)cn1. The molecule has 90 valence electrons. The third kappa shape index (κ3) is 2.73. The lowest BCUT2D eigenvalue weighted by Gasteiger charge is -2.05. The van der Waals surface area contributed by atoms with E-state index in [1.807, 2.05) is 19.2 Å². The van der Waals surface area contributed by atoms with Crippen LogP contribution in [-0.4, -0.2) is 16.1 Å². The van der Waals surface area contributed by atoms with Gasteiger partial charge in [0.15, 0.2) is 0 Å². The van der Waals surface area contributed by atoms with Crippen molar-refractivity contribution in [2.45, 2.75) is 13.5 Å². The second kappa shape index (κ2) is 5.42. The van der Waals surface area contributed by atoms with Crippen LogP contribution in [-0.2, 0) is 6.54 Å². The van der Waals surface area contributed by atoms with Gasteiger partial charge in [-0.3, -0.25) is 0 Å². The summed E-state index contributed by atoms with van der Waals surface area (Å²) in [5.74, 6) is -0.272. The molecule has 0 spiro atoms. The molecular weight excluding hydrogens is 285 g/mol. The monoisotopic (exact) mass is 297 g/mol. The lowest BCUT2D eigenvalue weighted by atomic mass is 10.3. The quantitative estimate of drug-likeness (QED) is 0.940. The van der Waals surface area contributed by atoms with Crippen LogP contribution in [0, 0.1) is 5.82 Å². The van der Waals surface area contributed by atoms with Crippen LogP contribution in [0.2, 0.25) is 0 Å². The Hall–Kier alpha value is -1.20. The van der Waals surface area contributed by atoms with E-state index in [1.165, 1.54) is 6.07 Å². The molecule has 0 saturated carbocycles. The summed E-state index contributed by atoms with van der Waals surface area (Å²) in [6.45, 7) is 3.61.